The van der Waals surface area contributed by atoms with Crippen LogP contribution in [0.1, 0.15) is 0 Å². The molecule has 0 fully saturated rings. The quantitative estimate of drug-likeness (QED) is 0.875. The predicted octanol–water partition coefficient (Wildman–Crippen LogP) is 3.49. The molecule has 0 aliphatic carbocycles. The molecule has 0 saturated carbocycles. The Morgan fingerprint density at radius 2 is 1.89 bits per heavy atom. The monoisotopic (exact) mass is 296 g/mol. The van der Waals surface area contributed by atoms with Crippen LogP contribution in [0.15, 0.2) is 40.4 Å². The molecule has 1 aromatic carbocycles. The van der Waals surface area contributed by atoms with Crippen LogP contribution in [0.4, 0.5) is 5.69 Å². The van der Waals surface area contributed by atoms with E-state index in [1.54, 1.807) is 38.6 Å². The average molecular weight is 297 g/mol. The van der Waals surface area contributed by atoms with Crippen molar-refractivity contribution >= 4 is 29.1 Å². The molecule has 0 unspecified atom stereocenters. The van der Waals surface area contributed by atoms with Crippen molar-refractivity contribution in [3.05, 3.63) is 35.5 Å². The number of hydrogen-bond donors (Lipinski definition) is 1. The molecule has 1 heterocycles. The number of ether oxygens (including phenoxy) is 2. The first-order valence-corrected chi connectivity index (χ1v) is 6.65. The highest BCUT2D eigenvalue weighted by Crippen LogP contribution is 2.40. The van der Waals surface area contributed by atoms with E-state index in [2.05, 4.69) is 4.98 Å². The summed E-state index contributed by atoms with van der Waals surface area (Å²) < 4.78 is 10.4. The third-order valence-electron chi connectivity index (χ3n) is 2.45. The van der Waals surface area contributed by atoms with Crippen LogP contribution in [-0.4, -0.2) is 19.2 Å². The molecular formula is C13H13ClN2O2S. The normalized spacial score (nSPS) is 10.3. The molecule has 0 radical (unpaired) electrons. The third kappa shape index (κ3) is 3.05. The Morgan fingerprint density at radius 3 is 2.53 bits per heavy atom. The molecule has 0 amide bonds. The smallest absolute Gasteiger partial charge is 0.162 e. The standard InChI is InChI=1S/C13H13ClN2O2S/c1-17-10-6-9(15)12(7-11(10)18-2)19-13-8(14)4-3-5-16-13/h3-7H,15H2,1-2H3. The van der Waals surface area contributed by atoms with Gasteiger partial charge in [0.1, 0.15) is 5.03 Å². The number of nitrogen functional groups attached to an aromatic ring is 1. The zero-order valence-corrected chi connectivity index (χ0v) is 12.1. The minimum Gasteiger partial charge on any atom is -0.493 e. The van der Waals surface area contributed by atoms with Crippen molar-refractivity contribution in [2.24, 2.45) is 0 Å². The number of nitrogens with two attached hydrogens (primary N) is 1. The van der Waals surface area contributed by atoms with Crippen molar-refractivity contribution in [2.45, 2.75) is 9.92 Å². The number of aromatic nitrogens is 1. The van der Waals surface area contributed by atoms with Gasteiger partial charge in [-0.25, -0.2) is 4.98 Å². The van der Waals surface area contributed by atoms with E-state index in [1.165, 1.54) is 11.8 Å². The molecule has 4 nitrogen and oxygen atoms in total. The second kappa shape index (κ2) is 6.04. The summed E-state index contributed by atoms with van der Waals surface area (Å²) in [5.41, 5.74) is 6.58. The molecule has 0 aliphatic rings. The summed E-state index contributed by atoms with van der Waals surface area (Å²) in [6.07, 6.45) is 1.69. The van der Waals surface area contributed by atoms with Gasteiger partial charge in [0.05, 0.1) is 19.2 Å². The third-order valence-corrected chi connectivity index (χ3v) is 3.96. The molecule has 100 valence electrons. The van der Waals surface area contributed by atoms with Gasteiger partial charge < -0.3 is 15.2 Å². The van der Waals surface area contributed by atoms with Crippen LogP contribution in [0.25, 0.3) is 0 Å². The van der Waals surface area contributed by atoms with Gasteiger partial charge in [-0.2, -0.15) is 0 Å². The molecule has 0 atom stereocenters. The molecule has 2 rings (SSSR count). The molecule has 19 heavy (non-hydrogen) atoms. The van der Waals surface area contributed by atoms with Crippen LogP contribution in [0, 0.1) is 0 Å². The number of rotatable bonds is 4. The summed E-state index contributed by atoms with van der Waals surface area (Å²) in [5.74, 6) is 1.21. The molecule has 0 spiro atoms. The Morgan fingerprint density at radius 1 is 1.21 bits per heavy atom. The first kappa shape index (κ1) is 13.8. The number of methoxy groups -OCH3 is 2. The number of halogens is 1. The maximum Gasteiger partial charge on any atom is 0.162 e. The number of hydrogen-bond acceptors (Lipinski definition) is 5. The maximum absolute atomic E-state index is 6.08. The second-order valence-corrected chi connectivity index (χ2v) is 5.08. The lowest BCUT2D eigenvalue weighted by Crippen LogP contribution is -1.95. The Kier molecular flexibility index (Phi) is 4.39. The minimum atomic E-state index is 0.585. The van der Waals surface area contributed by atoms with Crippen LogP contribution in [0.2, 0.25) is 5.02 Å². The van der Waals surface area contributed by atoms with E-state index in [0.29, 0.717) is 27.2 Å². The summed E-state index contributed by atoms with van der Waals surface area (Å²) in [5, 5.41) is 1.28. The maximum atomic E-state index is 6.08. The topological polar surface area (TPSA) is 57.4 Å². The van der Waals surface area contributed by atoms with E-state index < -0.39 is 0 Å². The van der Waals surface area contributed by atoms with Crippen molar-refractivity contribution in [1.82, 2.24) is 4.98 Å². The largest absolute Gasteiger partial charge is 0.493 e. The summed E-state index contributed by atoms with van der Waals surface area (Å²) in [6, 6.07) is 7.10. The Labute approximate surface area is 120 Å². The van der Waals surface area contributed by atoms with Crippen molar-refractivity contribution < 1.29 is 9.47 Å². The predicted molar refractivity (Wildman–Crippen MR) is 77.3 cm³/mol. The zero-order chi connectivity index (χ0) is 13.8. The van der Waals surface area contributed by atoms with Gasteiger partial charge in [-0.3, -0.25) is 0 Å². The highest BCUT2D eigenvalue weighted by Gasteiger charge is 2.12. The van der Waals surface area contributed by atoms with Crippen LogP contribution >= 0.6 is 23.4 Å². The Bertz CT molecular complexity index is 593. The van der Waals surface area contributed by atoms with Crippen molar-refractivity contribution in [1.29, 1.82) is 0 Å². The fourth-order valence-corrected chi connectivity index (χ4v) is 2.58. The average Bonchev–Trinajstić information content (AvgIpc) is 2.42. The van der Waals surface area contributed by atoms with Gasteiger partial charge in [0.25, 0.3) is 0 Å². The molecule has 6 heteroatoms. The van der Waals surface area contributed by atoms with Gasteiger partial charge in [0, 0.05) is 28.9 Å². The lowest BCUT2D eigenvalue weighted by Gasteiger charge is -2.12. The lowest BCUT2D eigenvalue weighted by atomic mass is 10.3. The van der Waals surface area contributed by atoms with E-state index in [-0.39, 0.29) is 0 Å². The number of anilines is 1. The van der Waals surface area contributed by atoms with Crippen LogP contribution in [-0.2, 0) is 0 Å². The number of pyridine rings is 1. The van der Waals surface area contributed by atoms with E-state index in [0.717, 1.165) is 4.90 Å². The lowest BCUT2D eigenvalue weighted by molar-refractivity contribution is 0.354. The SMILES string of the molecule is COc1cc(N)c(Sc2ncccc2Cl)cc1OC. The first-order valence-electron chi connectivity index (χ1n) is 5.45. The first-order chi connectivity index (χ1) is 9.15. The summed E-state index contributed by atoms with van der Waals surface area (Å²) in [4.78, 5) is 5.03. The van der Waals surface area contributed by atoms with Gasteiger partial charge in [-0.15, -0.1) is 0 Å². The molecule has 1 aromatic heterocycles. The molecule has 0 aliphatic heterocycles. The summed E-state index contributed by atoms with van der Waals surface area (Å²) in [6.45, 7) is 0. The molecular weight excluding hydrogens is 284 g/mol. The fourth-order valence-electron chi connectivity index (χ4n) is 1.51. The van der Waals surface area contributed by atoms with Crippen LogP contribution < -0.4 is 15.2 Å². The van der Waals surface area contributed by atoms with Crippen molar-refractivity contribution in [3.63, 3.8) is 0 Å². The van der Waals surface area contributed by atoms with E-state index in [4.69, 9.17) is 26.8 Å². The molecule has 0 saturated heterocycles. The summed E-state index contributed by atoms with van der Waals surface area (Å²) in [7, 11) is 3.15. The van der Waals surface area contributed by atoms with Gasteiger partial charge in [0.15, 0.2) is 11.5 Å². The molecule has 2 aromatic rings. The zero-order valence-electron chi connectivity index (χ0n) is 10.5. The van der Waals surface area contributed by atoms with Crippen molar-refractivity contribution in [2.75, 3.05) is 20.0 Å². The number of nitrogens with zero attached hydrogens (tertiary/aromatic N) is 1. The summed E-state index contributed by atoms with van der Waals surface area (Å²) >= 11 is 7.46. The van der Waals surface area contributed by atoms with E-state index in [9.17, 15) is 0 Å². The van der Waals surface area contributed by atoms with Gasteiger partial charge >= 0.3 is 0 Å². The molecule has 0 bridgehead atoms. The van der Waals surface area contributed by atoms with Gasteiger partial charge in [-0.1, -0.05) is 23.4 Å². The Balaban J connectivity index is 2.38. The number of benzene rings is 1. The van der Waals surface area contributed by atoms with Gasteiger partial charge in [0.2, 0.25) is 0 Å². The molecule has 2 N–H and O–H groups in total. The van der Waals surface area contributed by atoms with E-state index >= 15 is 0 Å². The highest BCUT2D eigenvalue weighted by molar-refractivity contribution is 7.99. The van der Waals surface area contributed by atoms with Crippen LogP contribution in [0.3, 0.4) is 0 Å². The second-order valence-electron chi connectivity index (χ2n) is 3.64. The van der Waals surface area contributed by atoms with E-state index in [1.807, 2.05) is 6.07 Å². The van der Waals surface area contributed by atoms with Gasteiger partial charge in [-0.05, 0) is 12.1 Å². The Hall–Kier alpha value is -1.59. The van der Waals surface area contributed by atoms with Crippen molar-refractivity contribution in [3.8, 4) is 11.5 Å². The highest BCUT2D eigenvalue weighted by atomic mass is 35.5. The fraction of sp³-hybridized carbons (Fsp3) is 0.154. The van der Waals surface area contributed by atoms with Crippen LogP contribution in [0.5, 0.6) is 11.5 Å². The minimum absolute atomic E-state index is 0.585.